The monoisotopic (exact) mass is 324 g/mol. The molecule has 0 spiro atoms. The first-order valence-electron chi connectivity index (χ1n) is 6.23. The molecule has 0 amide bonds. The van der Waals surface area contributed by atoms with Gasteiger partial charge in [0.1, 0.15) is 0 Å². The molecule has 0 bridgehead atoms. The van der Waals surface area contributed by atoms with Gasteiger partial charge in [-0.05, 0) is 24.1 Å². The number of hydrogen-bond donors (Lipinski definition) is 2. The van der Waals surface area contributed by atoms with Crippen LogP contribution in [0.2, 0.25) is 10.0 Å². The fourth-order valence-electron chi connectivity index (χ4n) is 2.40. The predicted molar refractivity (Wildman–Crippen MR) is 82.6 cm³/mol. The Morgan fingerprint density at radius 3 is 2.47 bits per heavy atom. The SMILES string of the molecule is Cl.OCC[C@H](c1ccc(Cl)c(Cl)c1)N1CCNCC1. The Kier molecular flexibility index (Phi) is 7.44. The molecule has 108 valence electrons. The molecule has 1 fully saturated rings. The summed E-state index contributed by atoms with van der Waals surface area (Å²) in [6.07, 6.45) is 0.720. The van der Waals surface area contributed by atoms with Crippen molar-refractivity contribution >= 4 is 35.6 Å². The number of piperazine rings is 1. The van der Waals surface area contributed by atoms with E-state index >= 15 is 0 Å². The maximum absolute atomic E-state index is 9.25. The Balaban J connectivity index is 0.00000180. The van der Waals surface area contributed by atoms with Crippen LogP contribution in [-0.2, 0) is 0 Å². The van der Waals surface area contributed by atoms with Gasteiger partial charge in [-0.25, -0.2) is 0 Å². The fourth-order valence-corrected chi connectivity index (χ4v) is 2.70. The normalized spacial score (nSPS) is 17.8. The van der Waals surface area contributed by atoms with E-state index in [-0.39, 0.29) is 25.1 Å². The number of nitrogens with one attached hydrogen (secondary N) is 1. The highest BCUT2D eigenvalue weighted by Crippen LogP contribution is 2.30. The Morgan fingerprint density at radius 2 is 1.89 bits per heavy atom. The molecular formula is C13H19Cl3N2O. The van der Waals surface area contributed by atoms with Gasteiger partial charge >= 0.3 is 0 Å². The molecule has 1 aliphatic rings. The fraction of sp³-hybridized carbons (Fsp3) is 0.538. The number of aliphatic hydroxyl groups is 1. The van der Waals surface area contributed by atoms with Gasteiger partial charge in [-0.2, -0.15) is 0 Å². The number of benzene rings is 1. The van der Waals surface area contributed by atoms with Crippen LogP contribution in [0.15, 0.2) is 18.2 Å². The lowest BCUT2D eigenvalue weighted by atomic mass is 10.0. The van der Waals surface area contributed by atoms with E-state index in [2.05, 4.69) is 10.2 Å². The Bertz CT molecular complexity index is 397. The van der Waals surface area contributed by atoms with Crippen LogP contribution in [0.25, 0.3) is 0 Å². The van der Waals surface area contributed by atoms with Crippen molar-refractivity contribution in [3.8, 4) is 0 Å². The van der Waals surface area contributed by atoms with Crippen LogP contribution < -0.4 is 5.32 Å². The van der Waals surface area contributed by atoms with Crippen LogP contribution in [0, 0.1) is 0 Å². The number of aliphatic hydroxyl groups excluding tert-OH is 1. The Labute approximate surface area is 130 Å². The van der Waals surface area contributed by atoms with Crippen molar-refractivity contribution in [2.24, 2.45) is 0 Å². The number of rotatable bonds is 4. The molecule has 2 N–H and O–H groups in total. The highest BCUT2D eigenvalue weighted by molar-refractivity contribution is 6.42. The lowest BCUT2D eigenvalue weighted by molar-refractivity contribution is 0.141. The summed E-state index contributed by atoms with van der Waals surface area (Å²) in [4.78, 5) is 2.38. The van der Waals surface area contributed by atoms with Crippen LogP contribution in [-0.4, -0.2) is 42.8 Å². The van der Waals surface area contributed by atoms with E-state index in [1.807, 2.05) is 18.2 Å². The van der Waals surface area contributed by atoms with Gasteiger partial charge in [-0.1, -0.05) is 29.3 Å². The van der Waals surface area contributed by atoms with Crippen LogP contribution in [0.4, 0.5) is 0 Å². The zero-order chi connectivity index (χ0) is 13.0. The lowest BCUT2D eigenvalue weighted by Gasteiger charge is -2.35. The molecule has 0 aromatic heterocycles. The van der Waals surface area contributed by atoms with E-state index in [9.17, 15) is 5.11 Å². The molecule has 19 heavy (non-hydrogen) atoms. The van der Waals surface area contributed by atoms with Crippen molar-refractivity contribution < 1.29 is 5.11 Å². The molecule has 0 aliphatic carbocycles. The molecule has 1 atom stereocenters. The quantitative estimate of drug-likeness (QED) is 0.893. The molecule has 6 heteroatoms. The van der Waals surface area contributed by atoms with Gasteiger partial charge < -0.3 is 10.4 Å². The molecule has 1 heterocycles. The topological polar surface area (TPSA) is 35.5 Å². The summed E-state index contributed by atoms with van der Waals surface area (Å²) in [5, 5.41) is 13.7. The zero-order valence-corrected chi connectivity index (χ0v) is 12.9. The number of halogens is 3. The molecule has 3 nitrogen and oxygen atoms in total. The largest absolute Gasteiger partial charge is 0.396 e. The van der Waals surface area contributed by atoms with Crippen molar-refractivity contribution in [1.82, 2.24) is 10.2 Å². The van der Waals surface area contributed by atoms with E-state index < -0.39 is 0 Å². The maximum atomic E-state index is 9.25. The van der Waals surface area contributed by atoms with Crippen LogP contribution >= 0.6 is 35.6 Å². The third kappa shape index (κ3) is 4.48. The van der Waals surface area contributed by atoms with Gasteiger partial charge in [0.15, 0.2) is 0 Å². The third-order valence-corrected chi connectivity index (χ3v) is 4.06. The maximum Gasteiger partial charge on any atom is 0.0595 e. The van der Waals surface area contributed by atoms with E-state index in [0.29, 0.717) is 10.0 Å². The van der Waals surface area contributed by atoms with Gasteiger partial charge in [-0.3, -0.25) is 4.90 Å². The summed E-state index contributed by atoms with van der Waals surface area (Å²) in [5.41, 5.74) is 1.13. The zero-order valence-electron chi connectivity index (χ0n) is 10.6. The first kappa shape index (κ1) is 17.0. The molecule has 1 aromatic rings. The van der Waals surface area contributed by atoms with Crippen LogP contribution in [0.5, 0.6) is 0 Å². The second kappa shape index (κ2) is 8.30. The lowest BCUT2D eigenvalue weighted by Crippen LogP contribution is -2.45. The van der Waals surface area contributed by atoms with Gasteiger partial charge in [0.25, 0.3) is 0 Å². The second-order valence-corrected chi connectivity index (χ2v) is 5.30. The minimum absolute atomic E-state index is 0. The molecule has 1 aromatic carbocycles. The van der Waals surface area contributed by atoms with Crippen molar-refractivity contribution in [2.75, 3.05) is 32.8 Å². The van der Waals surface area contributed by atoms with E-state index in [1.165, 1.54) is 0 Å². The highest BCUT2D eigenvalue weighted by atomic mass is 35.5. The molecule has 0 radical (unpaired) electrons. The molecular weight excluding hydrogens is 307 g/mol. The standard InChI is InChI=1S/C13H18Cl2N2O.ClH/c14-11-2-1-10(9-12(11)15)13(3-8-18)17-6-4-16-5-7-17;/h1-2,9,13,16,18H,3-8H2;1H/t13-;/m1./s1. The third-order valence-electron chi connectivity index (χ3n) is 3.32. The summed E-state index contributed by atoms with van der Waals surface area (Å²) >= 11 is 12.0. The summed E-state index contributed by atoms with van der Waals surface area (Å²) in [6.45, 7) is 4.14. The molecule has 1 saturated heterocycles. The van der Waals surface area contributed by atoms with Crippen molar-refractivity contribution in [3.63, 3.8) is 0 Å². The highest BCUT2D eigenvalue weighted by Gasteiger charge is 2.22. The summed E-state index contributed by atoms with van der Waals surface area (Å²) in [7, 11) is 0. The molecule has 1 aliphatic heterocycles. The van der Waals surface area contributed by atoms with Gasteiger partial charge in [0, 0.05) is 38.8 Å². The van der Waals surface area contributed by atoms with Crippen LogP contribution in [0.1, 0.15) is 18.0 Å². The Morgan fingerprint density at radius 1 is 1.21 bits per heavy atom. The minimum atomic E-state index is 0. The first-order valence-corrected chi connectivity index (χ1v) is 6.98. The van der Waals surface area contributed by atoms with Crippen molar-refractivity contribution in [1.29, 1.82) is 0 Å². The van der Waals surface area contributed by atoms with Gasteiger partial charge in [0.2, 0.25) is 0 Å². The molecule has 2 rings (SSSR count). The van der Waals surface area contributed by atoms with Gasteiger partial charge in [-0.15, -0.1) is 12.4 Å². The smallest absolute Gasteiger partial charge is 0.0595 e. The van der Waals surface area contributed by atoms with Crippen molar-refractivity contribution in [3.05, 3.63) is 33.8 Å². The average molecular weight is 326 g/mol. The summed E-state index contributed by atoms with van der Waals surface area (Å²) in [5.74, 6) is 0. The van der Waals surface area contributed by atoms with Crippen molar-refractivity contribution in [2.45, 2.75) is 12.5 Å². The number of nitrogens with zero attached hydrogens (tertiary/aromatic N) is 1. The first-order chi connectivity index (χ1) is 8.72. The second-order valence-electron chi connectivity index (χ2n) is 4.49. The summed E-state index contributed by atoms with van der Waals surface area (Å²) < 4.78 is 0. The minimum Gasteiger partial charge on any atom is -0.396 e. The molecule has 0 unspecified atom stereocenters. The Hall–Kier alpha value is -0.0300. The van der Waals surface area contributed by atoms with Gasteiger partial charge in [0.05, 0.1) is 10.0 Å². The average Bonchev–Trinajstić information content (AvgIpc) is 2.40. The van der Waals surface area contributed by atoms with E-state index in [1.54, 1.807) is 0 Å². The van der Waals surface area contributed by atoms with E-state index in [4.69, 9.17) is 23.2 Å². The van der Waals surface area contributed by atoms with E-state index in [0.717, 1.165) is 38.2 Å². The predicted octanol–water partition coefficient (Wildman–Crippen LogP) is 2.74. The summed E-state index contributed by atoms with van der Waals surface area (Å²) in [6, 6.07) is 5.95. The molecule has 0 saturated carbocycles. The number of hydrogen-bond acceptors (Lipinski definition) is 3. The van der Waals surface area contributed by atoms with Crippen LogP contribution in [0.3, 0.4) is 0 Å².